The summed E-state index contributed by atoms with van der Waals surface area (Å²) in [6, 6.07) is 0.324. The molecule has 0 bridgehead atoms. The highest BCUT2D eigenvalue weighted by molar-refractivity contribution is 5.81. The van der Waals surface area contributed by atoms with Crippen molar-refractivity contribution in [2.24, 2.45) is 11.1 Å². The molecule has 106 valence electrons. The van der Waals surface area contributed by atoms with Gasteiger partial charge in [-0.1, -0.05) is 20.8 Å². The summed E-state index contributed by atoms with van der Waals surface area (Å²) >= 11 is 0. The number of rotatable bonds is 3. The van der Waals surface area contributed by atoms with E-state index in [9.17, 15) is 4.79 Å². The minimum Gasteiger partial charge on any atom is -0.347 e. The first-order valence-corrected chi connectivity index (χ1v) is 6.88. The lowest BCUT2D eigenvalue weighted by molar-refractivity contribution is -0.135. The number of nitrogens with two attached hydrogens (primary N) is 1. The molecule has 2 N–H and O–H groups in total. The fraction of sp³-hybridized carbons (Fsp3) is 0.929. The number of hydrogen-bond acceptors (Lipinski definition) is 3. The van der Waals surface area contributed by atoms with Crippen LogP contribution >= 0.6 is 0 Å². The van der Waals surface area contributed by atoms with Crippen molar-refractivity contribution >= 4 is 5.91 Å². The highest BCUT2D eigenvalue weighted by atomic mass is 16.2. The zero-order valence-corrected chi connectivity index (χ0v) is 12.7. The highest BCUT2D eigenvalue weighted by Gasteiger charge is 2.42. The Morgan fingerprint density at radius 1 is 1.39 bits per heavy atom. The molecular formula is C14H29N3O. The van der Waals surface area contributed by atoms with E-state index in [2.05, 4.69) is 25.7 Å². The first kappa shape index (κ1) is 15.4. The summed E-state index contributed by atoms with van der Waals surface area (Å²) in [5, 5.41) is 0. The third kappa shape index (κ3) is 3.23. The van der Waals surface area contributed by atoms with Gasteiger partial charge < -0.3 is 10.6 Å². The van der Waals surface area contributed by atoms with Gasteiger partial charge in [0.15, 0.2) is 0 Å². The van der Waals surface area contributed by atoms with Gasteiger partial charge in [-0.25, -0.2) is 0 Å². The van der Waals surface area contributed by atoms with Crippen LogP contribution in [-0.4, -0.2) is 54.5 Å². The predicted octanol–water partition coefficient (Wildman–Crippen LogP) is 1.30. The third-order valence-electron chi connectivity index (χ3n) is 3.76. The van der Waals surface area contributed by atoms with Crippen molar-refractivity contribution in [2.75, 3.05) is 20.6 Å². The number of carbonyl (C=O) groups is 1. The van der Waals surface area contributed by atoms with Crippen LogP contribution < -0.4 is 5.73 Å². The van der Waals surface area contributed by atoms with Crippen molar-refractivity contribution in [3.8, 4) is 0 Å². The van der Waals surface area contributed by atoms with E-state index < -0.39 is 0 Å². The summed E-state index contributed by atoms with van der Waals surface area (Å²) < 4.78 is 0. The zero-order chi connectivity index (χ0) is 14.1. The second kappa shape index (κ2) is 5.57. The van der Waals surface area contributed by atoms with Gasteiger partial charge in [-0.3, -0.25) is 9.69 Å². The average molecular weight is 255 g/mol. The maximum Gasteiger partial charge on any atom is 0.239 e. The molecule has 0 radical (unpaired) electrons. The first-order chi connectivity index (χ1) is 8.16. The second-order valence-corrected chi connectivity index (χ2v) is 6.80. The summed E-state index contributed by atoms with van der Waals surface area (Å²) in [5.74, 6) is 0.211. The van der Waals surface area contributed by atoms with Crippen molar-refractivity contribution in [3.63, 3.8) is 0 Å². The molecule has 4 nitrogen and oxygen atoms in total. The maximum atomic E-state index is 12.3. The third-order valence-corrected chi connectivity index (χ3v) is 3.76. The molecule has 0 saturated carbocycles. The van der Waals surface area contributed by atoms with Gasteiger partial charge in [-0.2, -0.15) is 0 Å². The largest absolute Gasteiger partial charge is 0.347 e. The van der Waals surface area contributed by atoms with Gasteiger partial charge in [0, 0.05) is 26.2 Å². The van der Waals surface area contributed by atoms with Crippen LogP contribution in [0.25, 0.3) is 0 Å². The van der Waals surface area contributed by atoms with E-state index >= 15 is 0 Å². The van der Waals surface area contributed by atoms with Crippen LogP contribution in [0, 0.1) is 5.41 Å². The zero-order valence-electron chi connectivity index (χ0n) is 12.7. The summed E-state index contributed by atoms with van der Waals surface area (Å²) in [5.41, 5.74) is 6.26. The summed E-state index contributed by atoms with van der Waals surface area (Å²) in [6.45, 7) is 9.64. The van der Waals surface area contributed by atoms with Crippen molar-refractivity contribution in [3.05, 3.63) is 0 Å². The van der Waals surface area contributed by atoms with E-state index in [4.69, 9.17) is 5.73 Å². The highest BCUT2D eigenvalue weighted by Crippen LogP contribution is 2.32. The molecular weight excluding hydrogens is 226 g/mol. The van der Waals surface area contributed by atoms with Crippen LogP contribution in [0.2, 0.25) is 0 Å². The molecule has 1 heterocycles. The van der Waals surface area contributed by atoms with Gasteiger partial charge in [-0.05, 0) is 31.7 Å². The second-order valence-electron chi connectivity index (χ2n) is 6.80. The molecule has 1 saturated heterocycles. The Balaban J connectivity index is 2.94. The molecule has 0 aromatic carbocycles. The molecule has 0 aromatic rings. The standard InChI is InChI=1S/C14H29N3O/c1-10(15)12(14(2,3)4)17-9-7-8-11(17)13(18)16(5)6/h10-12H,7-9,15H2,1-6H3. The number of amides is 1. The van der Waals surface area contributed by atoms with Crippen molar-refractivity contribution in [1.82, 2.24) is 9.80 Å². The lowest BCUT2D eigenvalue weighted by Crippen LogP contribution is -2.57. The van der Waals surface area contributed by atoms with E-state index in [1.54, 1.807) is 4.90 Å². The molecule has 0 aromatic heterocycles. The van der Waals surface area contributed by atoms with Crippen LogP contribution in [0.4, 0.5) is 0 Å². The Labute approximate surface area is 111 Å². The summed E-state index contributed by atoms with van der Waals surface area (Å²) in [6.07, 6.45) is 2.04. The summed E-state index contributed by atoms with van der Waals surface area (Å²) in [7, 11) is 3.66. The lowest BCUT2D eigenvalue weighted by Gasteiger charge is -2.43. The number of likely N-dealkylation sites (N-methyl/N-ethyl adjacent to an activating group) is 1. The SMILES string of the molecule is CC(N)C(N1CCCC1C(=O)N(C)C)C(C)(C)C. The molecule has 0 aliphatic carbocycles. The molecule has 18 heavy (non-hydrogen) atoms. The molecule has 1 aliphatic rings. The van der Waals surface area contributed by atoms with Crippen LogP contribution in [0.3, 0.4) is 0 Å². The molecule has 0 spiro atoms. The molecule has 3 unspecified atom stereocenters. The number of carbonyl (C=O) groups excluding carboxylic acids is 1. The number of nitrogens with zero attached hydrogens (tertiary/aromatic N) is 2. The molecule has 1 amide bonds. The van der Waals surface area contributed by atoms with Crippen LogP contribution in [0.5, 0.6) is 0 Å². The fourth-order valence-corrected chi connectivity index (χ4v) is 3.27. The van der Waals surface area contributed by atoms with Crippen LogP contribution in [-0.2, 0) is 4.79 Å². The quantitative estimate of drug-likeness (QED) is 0.827. The van der Waals surface area contributed by atoms with Crippen molar-refractivity contribution in [2.45, 2.75) is 58.7 Å². The van der Waals surface area contributed by atoms with Crippen molar-refractivity contribution < 1.29 is 4.79 Å². The minimum atomic E-state index is 0.00947. The van der Waals surface area contributed by atoms with Gasteiger partial charge >= 0.3 is 0 Å². The van der Waals surface area contributed by atoms with Crippen LogP contribution in [0.15, 0.2) is 0 Å². The summed E-state index contributed by atoms with van der Waals surface area (Å²) in [4.78, 5) is 16.3. The van der Waals surface area contributed by atoms with E-state index in [-0.39, 0.29) is 29.4 Å². The number of hydrogen-bond donors (Lipinski definition) is 1. The molecule has 1 aliphatic heterocycles. The Kier molecular flexibility index (Phi) is 4.78. The topological polar surface area (TPSA) is 49.6 Å². The Morgan fingerprint density at radius 2 is 1.94 bits per heavy atom. The van der Waals surface area contributed by atoms with Gasteiger partial charge in [0.05, 0.1) is 6.04 Å². The lowest BCUT2D eigenvalue weighted by atomic mass is 9.81. The number of likely N-dealkylation sites (tertiary alicyclic amines) is 1. The molecule has 3 atom stereocenters. The van der Waals surface area contributed by atoms with Crippen molar-refractivity contribution in [1.29, 1.82) is 0 Å². The maximum absolute atomic E-state index is 12.3. The predicted molar refractivity (Wildman–Crippen MR) is 75.3 cm³/mol. The van der Waals surface area contributed by atoms with Gasteiger partial charge in [0.25, 0.3) is 0 Å². The van der Waals surface area contributed by atoms with Gasteiger partial charge in [0.2, 0.25) is 5.91 Å². The van der Waals surface area contributed by atoms with E-state index in [0.29, 0.717) is 0 Å². The molecule has 4 heteroatoms. The van der Waals surface area contributed by atoms with Gasteiger partial charge in [-0.15, -0.1) is 0 Å². The smallest absolute Gasteiger partial charge is 0.239 e. The molecule has 1 fully saturated rings. The Bertz CT molecular complexity index is 294. The van der Waals surface area contributed by atoms with E-state index in [1.807, 2.05) is 21.0 Å². The average Bonchev–Trinajstić information content (AvgIpc) is 2.62. The molecule has 1 rings (SSSR count). The normalized spacial score (nSPS) is 24.9. The van der Waals surface area contributed by atoms with Crippen LogP contribution in [0.1, 0.15) is 40.5 Å². The Hall–Kier alpha value is -0.610. The monoisotopic (exact) mass is 255 g/mol. The van der Waals surface area contributed by atoms with E-state index in [1.165, 1.54) is 0 Å². The minimum absolute atomic E-state index is 0.00947. The Morgan fingerprint density at radius 3 is 2.33 bits per heavy atom. The first-order valence-electron chi connectivity index (χ1n) is 6.88. The van der Waals surface area contributed by atoms with E-state index in [0.717, 1.165) is 19.4 Å². The fourth-order valence-electron chi connectivity index (χ4n) is 3.27. The van der Waals surface area contributed by atoms with Gasteiger partial charge in [0.1, 0.15) is 0 Å².